The number of hydrogen-bond acceptors (Lipinski definition) is 6. The van der Waals surface area contributed by atoms with E-state index >= 15 is 0 Å². The normalized spacial score (nSPS) is 14.2. The number of ether oxygens (including phenoxy) is 4. The smallest absolute Gasteiger partial charge is 0.147 e. The third kappa shape index (κ3) is 11.5. The molecule has 0 saturated carbocycles. The Morgan fingerprint density at radius 1 is 0.500 bits per heavy atom. The molecule has 4 aromatic carbocycles. The maximum atomic E-state index is 10.5. The minimum atomic E-state index is -0.735. The van der Waals surface area contributed by atoms with Crippen LogP contribution in [0.4, 0.5) is 0 Å². The molecule has 2 N–H and O–H groups in total. The predicted octanol–water partition coefficient (Wildman–Crippen LogP) is 6.85. The van der Waals surface area contributed by atoms with Crippen molar-refractivity contribution in [2.75, 3.05) is 27.8 Å². The summed E-state index contributed by atoms with van der Waals surface area (Å²) in [6.07, 6.45) is 5.18. The van der Waals surface area contributed by atoms with Crippen LogP contribution in [0.3, 0.4) is 0 Å². The van der Waals surface area contributed by atoms with Gasteiger partial charge in [-0.2, -0.15) is 0 Å². The van der Waals surface area contributed by atoms with Crippen LogP contribution in [0.2, 0.25) is 0 Å². The number of benzene rings is 4. The van der Waals surface area contributed by atoms with E-state index in [0.29, 0.717) is 0 Å². The Kier molecular flexibility index (Phi) is 15.0. The highest BCUT2D eigenvalue weighted by atomic mass is 16.7. The van der Waals surface area contributed by atoms with Gasteiger partial charge >= 0.3 is 0 Å². The summed E-state index contributed by atoms with van der Waals surface area (Å²) in [5, 5.41) is 20.9. The quantitative estimate of drug-likeness (QED) is 0.162. The van der Waals surface area contributed by atoms with E-state index in [9.17, 15) is 10.2 Å². The molecule has 0 aliphatic rings. The van der Waals surface area contributed by atoms with Crippen molar-refractivity contribution in [3.8, 4) is 0 Å². The van der Waals surface area contributed by atoms with Gasteiger partial charge in [0.2, 0.25) is 0 Å². The van der Waals surface area contributed by atoms with E-state index in [0.717, 1.165) is 22.3 Å². The zero-order valence-electron chi connectivity index (χ0n) is 24.1. The highest BCUT2D eigenvalue weighted by Crippen LogP contribution is 2.22. The second kappa shape index (κ2) is 19.3. The molecule has 4 aromatic rings. The van der Waals surface area contributed by atoms with Crippen LogP contribution in [0.15, 0.2) is 133 Å². The maximum Gasteiger partial charge on any atom is 0.147 e. The van der Waals surface area contributed by atoms with Crippen LogP contribution < -0.4 is 0 Å². The van der Waals surface area contributed by atoms with E-state index in [1.807, 2.05) is 146 Å². The Hall–Kier alpha value is -3.88. The summed E-state index contributed by atoms with van der Waals surface area (Å²) >= 11 is 0. The largest absolute Gasteiger partial charge is 0.385 e. The lowest BCUT2D eigenvalue weighted by molar-refractivity contribution is -0.0939. The van der Waals surface area contributed by atoms with Gasteiger partial charge in [-0.05, 0) is 22.3 Å². The van der Waals surface area contributed by atoms with Gasteiger partial charge in [0.15, 0.2) is 0 Å². The highest BCUT2D eigenvalue weighted by Gasteiger charge is 2.20. The minimum Gasteiger partial charge on any atom is -0.385 e. The standard InChI is InChI=1S/2C18H20O3/c2*1-20-14-21-17(13-12-15-8-4-2-5-9-15)18(19)16-10-6-3-7-11-16/h2*2-13,17-19H,14H2,1H3/b2*13-12-/t17-,18+;17-,18-/m00/s1. The van der Waals surface area contributed by atoms with Gasteiger partial charge < -0.3 is 29.2 Å². The molecule has 0 saturated heterocycles. The summed E-state index contributed by atoms with van der Waals surface area (Å²) in [6, 6.07) is 38.7. The fourth-order valence-electron chi connectivity index (χ4n) is 4.02. The molecule has 4 atom stereocenters. The van der Waals surface area contributed by atoms with Gasteiger partial charge in [-0.3, -0.25) is 0 Å². The molecule has 0 spiro atoms. The van der Waals surface area contributed by atoms with Crippen molar-refractivity contribution >= 4 is 12.2 Å². The molecule has 4 rings (SSSR count). The maximum absolute atomic E-state index is 10.5. The molecule has 0 bridgehead atoms. The van der Waals surface area contributed by atoms with E-state index in [-0.39, 0.29) is 13.6 Å². The van der Waals surface area contributed by atoms with E-state index in [1.54, 1.807) is 14.2 Å². The molecule has 0 aromatic heterocycles. The molecule has 42 heavy (non-hydrogen) atoms. The first kappa shape index (κ1) is 32.6. The number of methoxy groups -OCH3 is 2. The Labute approximate surface area is 249 Å². The van der Waals surface area contributed by atoms with Gasteiger partial charge in [0.05, 0.1) is 0 Å². The zero-order chi connectivity index (χ0) is 29.8. The SMILES string of the molecule is COCO[C@@H](/C=C\c1ccccc1)[C@@H](O)c1ccccc1.COCO[C@@H](/C=C\c1ccccc1)[C@H](O)c1ccccc1. The van der Waals surface area contributed by atoms with Crippen molar-refractivity contribution < 1.29 is 29.2 Å². The summed E-state index contributed by atoms with van der Waals surface area (Å²) in [5.41, 5.74) is 3.75. The Bertz CT molecular complexity index is 1180. The number of rotatable bonds is 14. The molecule has 0 fully saturated rings. The average Bonchev–Trinajstić information content (AvgIpc) is 3.06. The average molecular weight is 569 g/mol. The first-order valence-electron chi connectivity index (χ1n) is 13.8. The minimum absolute atomic E-state index is 0.133. The summed E-state index contributed by atoms with van der Waals surface area (Å²) < 4.78 is 21.0. The van der Waals surface area contributed by atoms with Gasteiger partial charge in [0.1, 0.15) is 38.0 Å². The van der Waals surface area contributed by atoms with Crippen LogP contribution in [-0.4, -0.2) is 50.2 Å². The summed E-state index contributed by atoms with van der Waals surface area (Å²) in [4.78, 5) is 0. The lowest BCUT2D eigenvalue weighted by Crippen LogP contribution is -2.21. The second-order valence-electron chi connectivity index (χ2n) is 9.33. The van der Waals surface area contributed by atoms with Crippen LogP contribution in [0.1, 0.15) is 34.5 Å². The zero-order valence-corrected chi connectivity index (χ0v) is 24.1. The van der Waals surface area contributed by atoms with Crippen molar-refractivity contribution in [3.05, 3.63) is 156 Å². The lowest BCUT2D eigenvalue weighted by Gasteiger charge is -2.20. The van der Waals surface area contributed by atoms with E-state index in [1.165, 1.54) is 0 Å². The Morgan fingerprint density at radius 2 is 0.810 bits per heavy atom. The van der Waals surface area contributed by atoms with Gasteiger partial charge in [-0.15, -0.1) is 0 Å². The third-order valence-corrected chi connectivity index (χ3v) is 6.22. The Morgan fingerprint density at radius 3 is 1.12 bits per heavy atom. The van der Waals surface area contributed by atoms with Crippen molar-refractivity contribution in [2.45, 2.75) is 24.4 Å². The van der Waals surface area contributed by atoms with Crippen LogP contribution >= 0.6 is 0 Å². The molecule has 220 valence electrons. The van der Waals surface area contributed by atoms with Crippen molar-refractivity contribution in [1.29, 1.82) is 0 Å². The Balaban J connectivity index is 0.000000230. The highest BCUT2D eigenvalue weighted by molar-refractivity contribution is 5.50. The van der Waals surface area contributed by atoms with Crippen molar-refractivity contribution in [3.63, 3.8) is 0 Å². The monoisotopic (exact) mass is 568 g/mol. The fourth-order valence-corrected chi connectivity index (χ4v) is 4.02. The van der Waals surface area contributed by atoms with E-state index in [4.69, 9.17) is 18.9 Å². The summed E-state index contributed by atoms with van der Waals surface area (Å²) in [7, 11) is 3.12. The van der Waals surface area contributed by atoms with Crippen molar-refractivity contribution in [2.24, 2.45) is 0 Å². The van der Waals surface area contributed by atoms with Crippen LogP contribution in [0.5, 0.6) is 0 Å². The second-order valence-corrected chi connectivity index (χ2v) is 9.33. The molecule has 0 amide bonds. The summed E-state index contributed by atoms with van der Waals surface area (Å²) in [5.74, 6) is 0. The molecule has 0 aliphatic carbocycles. The number of hydrogen-bond donors (Lipinski definition) is 2. The third-order valence-electron chi connectivity index (χ3n) is 6.22. The molecule has 0 aliphatic heterocycles. The predicted molar refractivity (Wildman–Crippen MR) is 167 cm³/mol. The van der Waals surface area contributed by atoms with E-state index < -0.39 is 24.4 Å². The first-order valence-corrected chi connectivity index (χ1v) is 13.8. The molecule has 0 heterocycles. The van der Waals surface area contributed by atoms with Crippen LogP contribution in [0.25, 0.3) is 12.2 Å². The van der Waals surface area contributed by atoms with Gasteiger partial charge in [0, 0.05) is 14.2 Å². The first-order chi connectivity index (χ1) is 20.6. The molecule has 6 nitrogen and oxygen atoms in total. The van der Waals surface area contributed by atoms with Gasteiger partial charge in [-0.1, -0.05) is 146 Å². The molecule has 6 heteroatoms. The topological polar surface area (TPSA) is 77.4 Å². The summed E-state index contributed by atoms with van der Waals surface area (Å²) in [6.45, 7) is 0.265. The van der Waals surface area contributed by atoms with Gasteiger partial charge in [-0.25, -0.2) is 0 Å². The molecular weight excluding hydrogens is 528 g/mol. The number of aliphatic hydroxyl groups is 2. The molecule has 0 radical (unpaired) electrons. The van der Waals surface area contributed by atoms with E-state index in [2.05, 4.69) is 0 Å². The number of aliphatic hydroxyl groups excluding tert-OH is 2. The van der Waals surface area contributed by atoms with Gasteiger partial charge in [0.25, 0.3) is 0 Å². The molecule has 0 unspecified atom stereocenters. The van der Waals surface area contributed by atoms with Crippen LogP contribution in [-0.2, 0) is 18.9 Å². The van der Waals surface area contributed by atoms with Crippen molar-refractivity contribution in [1.82, 2.24) is 0 Å². The van der Waals surface area contributed by atoms with Crippen LogP contribution in [0, 0.1) is 0 Å². The lowest BCUT2D eigenvalue weighted by atomic mass is 10.0. The fraction of sp³-hybridized carbons (Fsp3) is 0.222. The molecular formula is C36H40O6.